The van der Waals surface area contributed by atoms with Crippen molar-refractivity contribution in [2.75, 3.05) is 50.7 Å². The molecule has 0 spiro atoms. The first-order chi connectivity index (χ1) is 19.0. The van der Waals surface area contributed by atoms with Gasteiger partial charge >= 0.3 is 0 Å². The minimum atomic E-state index is -0.435. The van der Waals surface area contributed by atoms with Gasteiger partial charge in [0.1, 0.15) is 5.76 Å². The molecule has 1 amide bonds. The summed E-state index contributed by atoms with van der Waals surface area (Å²) in [7, 11) is 2.99. The molecule has 0 unspecified atom stereocenters. The highest BCUT2D eigenvalue weighted by Crippen LogP contribution is 2.46. The fraction of sp³-hybridized carbons (Fsp3) is 0.516. The van der Waals surface area contributed by atoms with Gasteiger partial charge in [-0.15, -0.1) is 0 Å². The minimum absolute atomic E-state index is 0.124. The lowest BCUT2D eigenvalue weighted by Crippen LogP contribution is -2.37. The molecular formula is C31H40N4O5. The molecule has 1 N–H and O–H groups in total. The molecule has 1 aromatic carbocycles. The molecule has 40 heavy (non-hydrogen) atoms. The molecule has 0 saturated carbocycles. The summed E-state index contributed by atoms with van der Waals surface area (Å²) in [6.07, 6.45) is 2.94. The molecule has 1 saturated heterocycles. The van der Waals surface area contributed by atoms with Crippen LogP contribution in [0.2, 0.25) is 0 Å². The summed E-state index contributed by atoms with van der Waals surface area (Å²) in [5.41, 5.74) is 5.83. The Kier molecular flexibility index (Phi) is 7.52. The van der Waals surface area contributed by atoms with Crippen molar-refractivity contribution >= 4 is 17.5 Å². The molecular weight excluding hydrogens is 508 g/mol. The van der Waals surface area contributed by atoms with Gasteiger partial charge in [0, 0.05) is 19.5 Å². The topological polar surface area (TPSA) is 99.0 Å². The van der Waals surface area contributed by atoms with Crippen LogP contribution in [0.25, 0.3) is 0 Å². The van der Waals surface area contributed by atoms with Crippen LogP contribution in [0.4, 0.5) is 11.6 Å². The predicted molar refractivity (Wildman–Crippen MR) is 154 cm³/mol. The van der Waals surface area contributed by atoms with Crippen LogP contribution >= 0.6 is 0 Å². The van der Waals surface area contributed by atoms with E-state index in [9.17, 15) is 4.79 Å². The van der Waals surface area contributed by atoms with Crippen LogP contribution in [0.3, 0.4) is 0 Å². The number of nitrogens with zero attached hydrogens (tertiary/aromatic N) is 3. The molecule has 9 nitrogen and oxygen atoms in total. The van der Waals surface area contributed by atoms with Crippen molar-refractivity contribution in [3.63, 3.8) is 0 Å². The Morgan fingerprint density at radius 2 is 1.57 bits per heavy atom. The molecule has 1 aliphatic carbocycles. The Labute approximate surface area is 236 Å². The lowest BCUT2D eigenvalue weighted by atomic mass is 9.62. The molecule has 214 valence electrons. The second kappa shape index (κ2) is 10.8. The molecule has 3 aromatic rings. The molecule has 9 heteroatoms. The number of carbonyl (C=O) groups is 1. The Bertz CT molecular complexity index is 1380. The van der Waals surface area contributed by atoms with Gasteiger partial charge in [0.2, 0.25) is 17.7 Å². The molecule has 2 aromatic heterocycles. The van der Waals surface area contributed by atoms with Crippen molar-refractivity contribution in [3.05, 3.63) is 58.0 Å². The van der Waals surface area contributed by atoms with Gasteiger partial charge in [0.05, 0.1) is 27.4 Å². The van der Waals surface area contributed by atoms with Crippen LogP contribution in [0.1, 0.15) is 79.1 Å². The number of rotatable bonds is 7. The first-order valence-corrected chi connectivity index (χ1v) is 13.9. The van der Waals surface area contributed by atoms with Crippen LogP contribution < -0.4 is 19.7 Å². The molecule has 0 atom stereocenters. The van der Waals surface area contributed by atoms with Gasteiger partial charge in [-0.05, 0) is 65.0 Å². The zero-order valence-electron chi connectivity index (χ0n) is 24.6. The van der Waals surface area contributed by atoms with Crippen molar-refractivity contribution in [3.8, 4) is 11.8 Å². The third-order valence-corrected chi connectivity index (χ3v) is 8.31. The summed E-state index contributed by atoms with van der Waals surface area (Å²) < 4.78 is 22.4. The van der Waals surface area contributed by atoms with Crippen molar-refractivity contribution in [2.24, 2.45) is 0 Å². The molecule has 1 aliphatic heterocycles. The number of aryl methyl sites for hydroxylation is 1. The monoisotopic (exact) mass is 548 g/mol. The number of benzene rings is 1. The number of amides is 1. The number of fused-ring (bicyclic) bond motifs is 1. The van der Waals surface area contributed by atoms with E-state index in [1.54, 1.807) is 6.07 Å². The fourth-order valence-corrected chi connectivity index (χ4v) is 5.63. The lowest BCUT2D eigenvalue weighted by Gasteiger charge is -2.42. The highest BCUT2D eigenvalue weighted by Gasteiger charge is 2.37. The predicted octanol–water partition coefficient (Wildman–Crippen LogP) is 5.42. The van der Waals surface area contributed by atoms with Gasteiger partial charge < -0.3 is 28.8 Å². The summed E-state index contributed by atoms with van der Waals surface area (Å²) in [5, 5.41) is 2.83. The van der Waals surface area contributed by atoms with E-state index < -0.39 is 5.91 Å². The van der Waals surface area contributed by atoms with Gasteiger partial charge in [-0.25, -0.2) is 0 Å². The number of nitrogens with one attached hydrogen (secondary N) is 1. The number of aromatic nitrogens is 2. The summed E-state index contributed by atoms with van der Waals surface area (Å²) in [6.45, 7) is 14.0. The summed E-state index contributed by atoms with van der Waals surface area (Å²) in [5.74, 6) is 1.36. The number of hydrogen-bond donors (Lipinski definition) is 1. The maximum Gasteiger partial charge on any atom is 0.291 e. The summed E-state index contributed by atoms with van der Waals surface area (Å²) >= 11 is 0. The molecule has 0 radical (unpaired) electrons. The first-order valence-electron chi connectivity index (χ1n) is 13.9. The first kappa shape index (κ1) is 28.0. The van der Waals surface area contributed by atoms with E-state index in [0.29, 0.717) is 38.7 Å². The van der Waals surface area contributed by atoms with Crippen LogP contribution in [0.15, 0.2) is 28.7 Å². The van der Waals surface area contributed by atoms with Gasteiger partial charge in [0.15, 0.2) is 11.4 Å². The SMILES string of the molecule is COc1nc(N2CCOCC2)nc(OC)c1NC(=O)c1ccc(Cc2cc3c(cc2C)C(C)(C)CCC3(C)C)o1. The van der Waals surface area contributed by atoms with Crippen LogP contribution in [0, 0.1) is 6.92 Å². The van der Waals surface area contributed by atoms with E-state index in [0.717, 1.165) is 12.2 Å². The van der Waals surface area contributed by atoms with E-state index in [4.69, 9.17) is 18.6 Å². The molecule has 5 rings (SSSR count). The Balaban J connectivity index is 1.36. The Morgan fingerprint density at radius 3 is 2.17 bits per heavy atom. The van der Waals surface area contributed by atoms with E-state index >= 15 is 0 Å². The van der Waals surface area contributed by atoms with E-state index in [2.05, 4.69) is 62.0 Å². The third kappa shape index (κ3) is 5.39. The van der Waals surface area contributed by atoms with Crippen molar-refractivity contribution in [1.82, 2.24) is 9.97 Å². The smallest absolute Gasteiger partial charge is 0.291 e. The average Bonchev–Trinajstić information content (AvgIpc) is 3.41. The number of morpholine rings is 1. The van der Waals surface area contributed by atoms with Crippen molar-refractivity contribution in [2.45, 2.75) is 64.7 Å². The van der Waals surface area contributed by atoms with Crippen LogP contribution in [-0.4, -0.2) is 56.4 Å². The summed E-state index contributed by atoms with van der Waals surface area (Å²) in [4.78, 5) is 24.2. The maximum atomic E-state index is 13.2. The zero-order chi connectivity index (χ0) is 28.7. The quantitative estimate of drug-likeness (QED) is 0.418. The second-order valence-corrected chi connectivity index (χ2v) is 12.0. The number of ether oxygens (including phenoxy) is 3. The number of methoxy groups -OCH3 is 2. The Hall–Kier alpha value is -3.59. The highest BCUT2D eigenvalue weighted by atomic mass is 16.5. The Morgan fingerprint density at radius 1 is 0.975 bits per heavy atom. The second-order valence-electron chi connectivity index (χ2n) is 12.0. The number of carbonyl (C=O) groups excluding carboxylic acids is 1. The van der Waals surface area contributed by atoms with Crippen LogP contribution in [0.5, 0.6) is 11.8 Å². The number of hydrogen-bond acceptors (Lipinski definition) is 8. The van der Waals surface area contributed by atoms with E-state index in [-0.39, 0.29) is 34.0 Å². The van der Waals surface area contributed by atoms with E-state index in [1.165, 1.54) is 42.9 Å². The van der Waals surface area contributed by atoms with Crippen LogP contribution in [-0.2, 0) is 22.0 Å². The summed E-state index contributed by atoms with van der Waals surface area (Å²) in [6, 6.07) is 8.24. The molecule has 1 fully saturated rings. The van der Waals surface area contributed by atoms with Crippen molar-refractivity contribution in [1.29, 1.82) is 0 Å². The van der Waals surface area contributed by atoms with Crippen molar-refractivity contribution < 1.29 is 23.4 Å². The molecule has 0 bridgehead atoms. The van der Waals surface area contributed by atoms with Gasteiger partial charge in [-0.2, -0.15) is 9.97 Å². The standard InChI is InChI=1S/C31H40N4O5/c1-19-16-22-23(31(4,5)11-10-30(22,2)3)18-20(19)17-21-8-9-24(40-21)26(36)32-25-27(37-6)33-29(34-28(25)38-7)35-12-14-39-15-13-35/h8-9,16,18H,10-15,17H2,1-7H3,(H,32,36). The maximum absolute atomic E-state index is 13.2. The van der Waals surface area contributed by atoms with Gasteiger partial charge in [-0.1, -0.05) is 39.8 Å². The minimum Gasteiger partial charge on any atom is -0.479 e. The largest absolute Gasteiger partial charge is 0.479 e. The van der Waals surface area contributed by atoms with Gasteiger partial charge in [0.25, 0.3) is 5.91 Å². The third-order valence-electron chi connectivity index (χ3n) is 8.31. The number of anilines is 2. The average molecular weight is 549 g/mol. The zero-order valence-corrected chi connectivity index (χ0v) is 24.6. The molecule has 3 heterocycles. The molecule has 2 aliphatic rings. The fourth-order valence-electron chi connectivity index (χ4n) is 5.63. The van der Waals surface area contributed by atoms with Gasteiger partial charge in [-0.3, -0.25) is 4.79 Å². The normalized spacial score (nSPS) is 17.7. The highest BCUT2D eigenvalue weighted by molar-refractivity contribution is 6.03. The van der Waals surface area contributed by atoms with E-state index in [1.807, 2.05) is 11.0 Å². The number of furan rings is 1. The lowest BCUT2D eigenvalue weighted by molar-refractivity contribution is 0.0994.